The number of carbonyl (C=O) groups is 2. The third-order valence-electron chi connectivity index (χ3n) is 2.79. The zero-order valence-electron chi connectivity index (χ0n) is 12.0. The van der Waals surface area contributed by atoms with Gasteiger partial charge in [0.25, 0.3) is 0 Å². The normalized spacial score (nSPS) is 10.7. The zero-order valence-corrected chi connectivity index (χ0v) is 13.6. The van der Waals surface area contributed by atoms with E-state index in [1.807, 2.05) is 0 Å². The second kappa shape index (κ2) is 7.85. The first kappa shape index (κ1) is 17.1. The minimum atomic E-state index is -0.601. The fourth-order valence-corrected chi connectivity index (χ4v) is 2.20. The van der Waals surface area contributed by atoms with E-state index in [0.29, 0.717) is 21.4 Å². The molecule has 7 heteroatoms. The summed E-state index contributed by atoms with van der Waals surface area (Å²) in [4.78, 5) is 22.9. The van der Waals surface area contributed by atoms with Gasteiger partial charge in [0.15, 0.2) is 0 Å². The van der Waals surface area contributed by atoms with Crippen LogP contribution in [0.4, 0.5) is 0 Å². The Morgan fingerprint density at radius 2 is 1.87 bits per heavy atom. The molecule has 0 atom stereocenters. The maximum Gasteiger partial charge on any atom is 0.373 e. The van der Waals surface area contributed by atoms with Gasteiger partial charge in [0.1, 0.15) is 12.4 Å². The van der Waals surface area contributed by atoms with E-state index in [9.17, 15) is 9.59 Å². The second-order valence-corrected chi connectivity index (χ2v) is 5.15. The van der Waals surface area contributed by atoms with Gasteiger partial charge in [0.05, 0.1) is 7.11 Å². The van der Waals surface area contributed by atoms with Crippen LogP contribution < -0.4 is 0 Å². The van der Waals surface area contributed by atoms with Crippen LogP contribution in [0, 0.1) is 0 Å². The molecular weight excluding hydrogens is 343 g/mol. The Balaban J connectivity index is 1.94. The van der Waals surface area contributed by atoms with E-state index in [-0.39, 0.29) is 12.4 Å². The first-order valence-corrected chi connectivity index (χ1v) is 7.22. The maximum absolute atomic E-state index is 11.7. The van der Waals surface area contributed by atoms with Gasteiger partial charge in [-0.25, -0.2) is 9.59 Å². The molecule has 0 saturated heterocycles. The van der Waals surface area contributed by atoms with Gasteiger partial charge in [-0.05, 0) is 30.3 Å². The lowest BCUT2D eigenvalue weighted by atomic mass is 10.2. The van der Waals surface area contributed by atoms with Gasteiger partial charge in [0, 0.05) is 21.7 Å². The van der Waals surface area contributed by atoms with Crippen LogP contribution in [-0.4, -0.2) is 19.0 Å². The molecular formula is C16H12Cl2O5. The zero-order chi connectivity index (χ0) is 16.8. The summed E-state index contributed by atoms with van der Waals surface area (Å²) in [5.74, 6) is -0.840. The highest BCUT2D eigenvalue weighted by Gasteiger charge is 2.12. The molecule has 0 radical (unpaired) electrons. The van der Waals surface area contributed by atoms with Crippen LogP contribution in [-0.2, 0) is 20.9 Å². The van der Waals surface area contributed by atoms with Crippen molar-refractivity contribution in [3.05, 3.63) is 63.5 Å². The van der Waals surface area contributed by atoms with E-state index >= 15 is 0 Å². The summed E-state index contributed by atoms with van der Waals surface area (Å²) in [6.07, 6.45) is 2.67. The largest absolute Gasteiger partial charge is 0.463 e. The number of carbonyl (C=O) groups excluding carboxylic acids is 2. The Kier molecular flexibility index (Phi) is 5.84. The van der Waals surface area contributed by atoms with Crippen LogP contribution in [0.1, 0.15) is 21.9 Å². The van der Waals surface area contributed by atoms with E-state index in [1.54, 1.807) is 18.2 Å². The minimum absolute atomic E-state index is 0.0388. The van der Waals surface area contributed by atoms with Crippen LogP contribution in [0.25, 0.3) is 6.08 Å². The van der Waals surface area contributed by atoms with Crippen molar-refractivity contribution in [1.29, 1.82) is 0 Å². The number of ether oxygens (including phenoxy) is 2. The highest BCUT2D eigenvalue weighted by molar-refractivity contribution is 6.37. The third-order valence-corrected chi connectivity index (χ3v) is 3.45. The molecule has 0 aliphatic rings. The van der Waals surface area contributed by atoms with Crippen LogP contribution in [0.2, 0.25) is 10.0 Å². The predicted octanol–water partition coefficient (Wildman–Crippen LogP) is 4.13. The quantitative estimate of drug-likeness (QED) is 0.596. The van der Waals surface area contributed by atoms with E-state index in [2.05, 4.69) is 4.74 Å². The van der Waals surface area contributed by atoms with Gasteiger partial charge < -0.3 is 13.9 Å². The summed E-state index contributed by atoms with van der Waals surface area (Å²) >= 11 is 12.0. The molecule has 1 aromatic carbocycles. The molecule has 0 aliphatic heterocycles. The van der Waals surface area contributed by atoms with Gasteiger partial charge in [-0.3, -0.25) is 0 Å². The fraction of sp³-hybridized carbons (Fsp3) is 0.125. The van der Waals surface area contributed by atoms with Gasteiger partial charge in [0.2, 0.25) is 5.76 Å². The van der Waals surface area contributed by atoms with Crippen molar-refractivity contribution in [3.8, 4) is 0 Å². The number of hydrogen-bond acceptors (Lipinski definition) is 5. The molecule has 0 fully saturated rings. The van der Waals surface area contributed by atoms with Crippen LogP contribution in [0.3, 0.4) is 0 Å². The average Bonchev–Trinajstić information content (AvgIpc) is 3.00. The molecule has 1 heterocycles. The maximum atomic E-state index is 11.7. The van der Waals surface area contributed by atoms with Gasteiger partial charge in [-0.2, -0.15) is 0 Å². The number of furan rings is 1. The topological polar surface area (TPSA) is 65.7 Å². The van der Waals surface area contributed by atoms with E-state index in [0.717, 1.165) is 0 Å². The summed E-state index contributed by atoms with van der Waals surface area (Å²) in [6.45, 7) is -0.115. The Morgan fingerprint density at radius 1 is 1.17 bits per heavy atom. The van der Waals surface area contributed by atoms with Crippen LogP contribution >= 0.6 is 23.2 Å². The highest BCUT2D eigenvalue weighted by atomic mass is 35.5. The van der Waals surface area contributed by atoms with Crippen molar-refractivity contribution in [2.45, 2.75) is 6.61 Å². The highest BCUT2D eigenvalue weighted by Crippen LogP contribution is 2.25. The molecule has 5 nitrogen and oxygen atoms in total. The van der Waals surface area contributed by atoms with Crippen molar-refractivity contribution >= 4 is 41.2 Å². The second-order valence-electron chi connectivity index (χ2n) is 4.33. The molecule has 0 N–H and O–H groups in total. The van der Waals surface area contributed by atoms with Crippen molar-refractivity contribution in [1.82, 2.24) is 0 Å². The fourth-order valence-electron chi connectivity index (χ4n) is 1.68. The van der Waals surface area contributed by atoms with E-state index in [4.69, 9.17) is 32.4 Å². The van der Waals surface area contributed by atoms with Crippen molar-refractivity contribution in [3.63, 3.8) is 0 Å². The molecule has 0 aliphatic carbocycles. The number of rotatable bonds is 5. The first-order chi connectivity index (χ1) is 11.0. The standard InChI is InChI=1S/C16H12Cl2O5/c1-21-16(20)14-7-5-10(23-14)9-22-15(19)8-6-11-12(17)3-2-4-13(11)18/h2-8H,9H2,1H3/b8-6+. The van der Waals surface area contributed by atoms with Crippen molar-refractivity contribution in [2.24, 2.45) is 0 Å². The van der Waals surface area contributed by atoms with Gasteiger partial charge >= 0.3 is 11.9 Å². The number of esters is 2. The number of hydrogen-bond donors (Lipinski definition) is 0. The SMILES string of the molecule is COC(=O)c1ccc(COC(=O)/C=C/c2c(Cl)cccc2Cl)o1. The third kappa shape index (κ3) is 4.61. The Hall–Kier alpha value is -2.24. The molecule has 0 saturated carbocycles. The Bertz CT molecular complexity index is 728. The van der Waals surface area contributed by atoms with E-state index in [1.165, 1.54) is 31.4 Å². The minimum Gasteiger partial charge on any atom is -0.463 e. The van der Waals surface area contributed by atoms with Crippen LogP contribution in [0.5, 0.6) is 0 Å². The number of methoxy groups -OCH3 is 1. The lowest BCUT2D eigenvalue weighted by Gasteiger charge is -2.01. The first-order valence-electron chi connectivity index (χ1n) is 6.47. The van der Waals surface area contributed by atoms with Gasteiger partial charge in [-0.1, -0.05) is 29.3 Å². The summed E-state index contributed by atoms with van der Waals surface area (Å²) in [5.41, 5.74) is 0.527. The predicted molar refractivity (Wildman–Crippen MR) is 85.3 cm³/mol. The molecule has 23 heavy (non-hydrogen) atoms. The van der Waals surface area contributed by atoms with Crippen molar-refractivity contribution < 1.29 is 23.5 Å². The summed E-state index contributed by atoms with van der Waals surface area (Å²) < 4.78 is 14.7. The van der Waals surface area contributed by atoms with Crippen LogP contribution in [0.15, 0.2) is 40.8 Å². The molecule has 2 aromatic rings. The van der Waals surface area contributed by atoms with Crippen molar-refractivity contribution in [2.75, 3.05) is 7.11 Å². The molecule has 0 bridgehead atoms. The molecule has 0 unspecified atom stereocenters. The Labute approximate surface area is 142 Å². The number of halogens is 2. The summed E-state index contributed by atoms with van der Waals surface area (Å²) in [7, 11) is 1.25. The molecule has 120 valence electrons. The van der Waals surface area contributed by atoms with E-state index < -0.39 is 11.9 Å². The number of benzene rings is 1. The summed E-state index contributed by atoms with van der Waals surface area (Å²) in [5, 5.41) is 0.852. The molecule has 1 aromatic heterocycles. The molecule has 2 rings (SSSR count). The monoisotopic (exact) mass is 354 g/mol. The lowest BCUT2D eigenvalue weighted by Crippen LogP contribution is -2.01. The smallest absolute Gasteiger partial charge is 0.373 e. The summed E-state index contributed by atoms with van der Waals surface area (Å²) in [6, 6.07) is 7.99. The average molecular weight is 355 g/mol. The Morgan fingerprint density at radius 3 is 2.52 bits per heavy atom. The molecule has 0 amide bonds. The molecule has 0 spiro atoms. The lowest BCUT2D eigenvalue weighted by molar-refractivity contribution is -0.139. The van der Waals surface area contributed by atoms with Gasteiger partial charge in [-0.15, -0.1) is 0 Å².